The molecule has 0 spiro atoms. The smallest absolute Gasteiger partial charge is 0.243 e. The second-order valence-electron chi connectivity index (χ2n) is 6.15. The number of halogens is 1. The molecule has 2 aliphatic heterocycles. The summed E-state index contributed by atoms with van der Waals surface area (Å²) in [7, 11) is -3.38. The number of benzene rings is 1. The summed E-state index contributed by atoms with van der Waals surface area (Å²) in [5.74, 6) is 0. The average molecular weight is 403 g/mol. The molecule has 1 aromatic rings. The molecule has 0 aliphatic carbocycles. The van der Waals surface area contributed by atoms with Crippen LogP contribution in [0.5, 0.6) is 0 Å². The maximum atomic E-state index is 12.7. The first-order valence-electron chi connectivity index (χ1n) is 8.15. The quantitative estimate of drug-likeness (QED) is 0.775. The highest BCUT2D eigenvalue weighted by Crippen LogP contribution is 2.21. The summed E-state index contributed by atoms with van der Waals surface area (Å²) < 4.78 is 33.6. The van der Waals surface area contributed by atoms with Gasteiger partial charge in [-0.1, -0.05) is 15.9 Å². The van der Waals surface area contributed by atoms with Gasteiger partial charge < -0.3 is 4.74 Å². The van der Waals surface area contributed by atoms with Crippen molar-refractivity contribution in [1.29, 1.82) is 0 Å². The summed E-state index contributed by atoms with van der Waals surface area (Å²) in [4.78, 5) is 2.69. The molecule has 2 heterocycles. The van der Waals surface area contributed by atoms with E-state index < -0.39 is 10.0 Å². The van der Waals surface area contributed by atoms with E-state index in [4.69, 9.17) is 4.74 Å². The molecule has 128 valence electrons. The normalized spacial score (nSPS) is 24.7. The van der Waals surface area contributed by atoms with Gasteiger partial charge in [-0.15, -0.1) is 0 Å². The summed E-state index contributed by atoms with van der Waals surface area (Å²) in [5, 5.41) is 0. The Kier molecular flexibility index (Phi) is 5.74. The number of sulfonamides is 1. The molecule has 23 heavy (non-hydrogen) atoms. The molecule has 7 heteroatoms. The molecule has 1 atom stereocenters. The van der Waals surface area contributed by atoms with Crippen LogP contribution in [0.4, 0.5) is 0 Å². The maximum Gasteiger partial charge on any atom is 0.243 e. The first-order chi connectivity index (χ1) is 11.1. The zero-order valence-corrected chi connectivity index (χ0v) is 15.6. The minimum atomic E-state index is -3.38. The van der Waals surface area contributed by atoms with Crippen LogP contribution in [0.15, 0.2) is 33.6 Å². The van der Waals surface area contributed by atoms with E-state index in [1.54, 1.807) is 28.6 Å². The summed E-state index contributed by atoms with van der Waals surface area (Å²) >= 11 is 3.34. The molecule has 1 aromatic carbocycles. The third-order valence-electron chi connectivity index (χ3n) is 4.52. The highest BCUT2D eigenvalue weighted by atomic mass is 79.9. The van der Waals surface area contributed by atoms with Gasteiger partial charge in [0.05, 0.1) is 11.0 Å². The number of hydrogen-bond acceptors (Lipinski definition) is 4. The van der Waals surface area contributed by atoms with Crippen molar-refractivity contribution in [2.24, 2.45) is 0 Å². The van der Waals surface area contributed by atoms with Crippen molar-refractivity contribution in [3.63, 3.8) is 0 Å². The third kappa shape index (κ3) is 4.33. The molecular weight excluding hydrogens is 380 g/mol. The Morgan fingerprint density at radius 2 is 1.78 bits per heavy atom. The molecule has 3 rings (SSSR count). The van der Waals surface area contributed by atoms with E-state index in [9.17, 15) is 8.42 Å². The second kappa shape index (κ2) is 7.61. The van der Waals surface area contributed by atoms with Crippen LogP contribution in [0.2, 0.25) is 0 Å². The van der Waals surface area contributed by atoms with Gasteiger partial charge in [0.1, 0.15) is 0 Å². The van der Waals surface area contributed by atoms with E-state index in [1.807, 2.05) is 0 Å². The lowest BCUT2D eigenvalue weighted by Gasteiger charge is -2.36. The molecule has 5 nitrogen and oxygen atoms in total. The van der Waals surface area contributed by atoms with Gasteiger partial charge in [0, 0.05) is 43.8 Å². The lowest BCUT2D eigenvalue weighted by molar-refractivity contribution is -0.0103. The van der Waals surface area contributed by atoms with Crippen molar-refractivity contribution in [2.45, 2.75) is 30.3 Å². The summed E-state index contributed by atoms with van der Waals surface area (Å²) in [6.07, 6.45) is 3.84. The molecule has 0 bridgehead atoms. The minimum Gasteiger partial charge on any atom is -0.377 e. The van der Waals surface area contributed by atoms with Gasteiger partial charge >= 0.3 is 0 Å². The lowest BCUT2D eigenvalue weighted by Crippen LogP contribution is -2.50. The number of rotatable bonds is 4. The maximum absolute atomic E-state index is 12.7. The first kappa shape index (κ1) is 17.4. The number of nitrogens with zero attached hydrogens (tertiary/aromatic N) is 2. The van der Waals surface area contributed by atoms with Crippen molar-refractivity contribution in [3.8, 4) is 0 Å². The number of piperazine rings is 1. The highest BCUT2D eigenvalue weighted by molar-refractivity contribution is 9.10. The fraction of sp³-hybridized carbons (Fsp3) is 0.625. The van der Waals surface area contributed by atoms with Crippen molar-refractivity contribution in [3.05, 3.63) is 28.7 Å². The molecule has 2 aliphatic rings. The Bertz CT molecular complexity index is 607. The monoisotopic (exact) mass is 402 g/mol. The molecular formula is C16H23BrN2O3S. The van der Waals surface area contributed by atoms with Gasteiger partial charge in [-0.25, -0.2) is 8.42 Å². The summed E-state index contributed by atoms with van der Waals surface area (Å²) in [6.45, 7) is 4.43. The Hall–Kier alpha value is -0.470. The van der Waals surface area contributed by atoms with E-state index in [2.05, 4.69) is 20.8 Å². The minimum absolute atomic E-state index is 0.318. The summed E-state index contributed by atoms with van der Waals surface area (Å²) in [5.41, 5.74) is 0. The molecule has 0 aromatic heterocycles. The Balaban J connectivity index is 1.56. The summed E-state index contributed by atoms with van der Waals surface area (Å²) in [6, 6.07) is 6.84. The van der Waals surface area contributed by atoms with Gasteiger partial charge in [-0.2, -0.15) is 4.31 Å². The predicted octanol–water partition coefficient (Wildman–Crippen LogP) is 2.32. The fourth-order valence-electron chi connectivity index (χ4n) is 3.15. The predicted molar refractivity (Wildman–Crippen MR) is 92.9 cm³/mol. The van der Waals surface area contributed by atoms with Gasteiger partial charge in [-0.05, 0) is 43.5 Å². The zero-order valence-electron chi connectivity index (χ0n) is 13.2. The number of hydrogen-bond donors (Lipinski definition) is 0. The van der Waals surface area contributed by atoms with Crippen molar-refractivity contribution >= 4 is 26.0 Å². The van der Waals surface area contributed by atoms with E-state index in [0.717, 1.165) is 43.6 Å². The van der Waals surface area contributed by atoms with Gasteiger partial charge in [0.2, 0.25) is 10.0 Å². The van der Waals surface area contributed by atoms with Gasteiger partial charge in [-0.3, -0.25) is 4.90 Å². The van der Waals surface area contributed by atoms with Crippen LogP contribution in [-0.4, -0.2) is 63.1 Å². The SMILES string of the molecule is O=S(=O)(c1ccc(Br)cc1)N1CCN(C[C@@H]2CCCCO2)CC1. The lowest BCUT2D eigenvalue weighted by atomic mass is 10.1. The Morgan fingerprint density at radius 3 is 2.39 bits per heavy atom. The van der Waals surface area contributed by atoms with E-state index in [-0.39, 0.29) is 0 Å². The van der Waals surface area contributed by atoms with E-state index >= 15 is 0 Å². The van der Waals surface area contributed by atoms with E-state index in [0.29, 0.717) is 24.1 Å². The molecule has 0 radical (unpaired) electrons. The van der Waals surface area contributed by atoms with Crippen LogP contribution in [0.25, 0.3) is 0 Å². The molecule has 2 fully saturated rings. The largest absolute Gasteiger partial charge is 0.377 e. The van der Waals surface area contributed by atoms with Crippen molar-refractivity contribution in [1.82, 2.24) is 9.21 Å². The zero-order chi connectivity index (χ0) is 16.3. The van der Waals surface area contributed by atoms with Crippen molar-refractivity contribution in [2.75, 3.05) is 39.3 Å². The standard InChI is InChI=1S/C16H23BrN2O3S/c17-14-4-6-16(7-5-14)23(20,21)19-10-8-18(9-11-19)13-15-3-1-2-12-22-15/h4-7,15H,1-3,8-13H2/t15-/m0/s1. The van der Waals surface area contributed by atoms with Crippen LogP contribution < -0.4 is 0 Å². The average Bonchev–Trinajstić information content (AvgIpc) is 2.57. The van der Waals surface area contributed by atoms with Crippen LogP contribution in [-0.2, 0) is 14.8 Å². The van der Waals surface area contributed by atoms with Crippen molar-refractivity contribution < 1.29 is 13.2 Å². The molecule has 0 amide bonds. The second-order valence-corrected chi connectivity index (χ2v) is 9.00. The number of ether oxygens (including phenoxy) is 1. The molecule has 0 N–H and O–H groups in total. The molecule has 0 unspecified atom stereocenters. The van der Waals surface area contributed by atoms with Gasteiger partial charge in [0.25, 0.3) is 0 Å². The molecule has 0 saturated carbocycles. The topological polar surface area (TPSA) is 49.9 Å². The fourth-order valence-corrected chi connectivity index (χ4v) is 4.83. The van der Waals surface area contributed by atoms with Crippen LogP contribution >= 0.6 is 15.9 Å². The highest BCUT2D eigenvalue weighted by Gasteiger charge is 2.29. The first-order valence-corrected chi connectivity index (χ1v) is 10.4. The third-order valence-corrected chi connectivity index (χ3v) is 6.96. The van der Waals surface area contributed by atoms with Crippen LogP contribution in [0, 0.1) is 0 Å². The Morgan fingerprint density at radius 1 is 1.09 bits per heavy atom. The Labute approximate surface area is 146 Å². The van der Waals surface area contributed by atoms with Gasteiger partial charge in [0.15, 0.2) is 0 Å². The van der Waals surface area contributed by atoms with Crippen LogP contribution in [0.1, 0.15) is 19.3 Å². The molecule has 2 saturated heterocycles. The van der Waals surface area contributed by atoms with Crippen LogP contribution in [0.3, 0.4) is 0 Å². The van der Waals surface area contributed by atoms with E-state index in [1.165, 1.54) is 6.42 Å².